The van der Waals surface area contributed by atoms with Gasteiger partial charge >= 0.3 is 0 Å². The molecule has 0 spiro atoms. The quantitative estimate of drug-likeness (QED) is 0.357. The molecule has 1 atom stereocenters. The summed E-state index contributed by atoms with van der Waals surface area (Å²) >= 11 is 0. The van der Waals surface area contributed by atoms with E-state index in [1.807, 2.05) is 18.2 Å². The van der Waals surface area contributed by atoms with Crippen molar-refractivity contribution in [3.05, 3.63) is 35.9 Å². The van der Waals surface area contributed by atoms with Gasteiger partial charge in [0, 0.05) is 6.54 Å². The van der Waals surface area contributed by atoms with Crippen molar-refractivity contribution in [3.63, 3.8) is 0 Å². The lowest BCUT2D eigenvalue weighted by Gasteiger charge is -2.18. The lowest BCUT2D eigenvalue weighted by Crippen LogP contribution is -2.46. The number of aliphatic hydroxyl groups excluding tert-OH is 1. The highest BCUT2D eigenvalue weighted by atomic mass is 16.3. The summed E-state index contributed by atoms with van der Waals surface area (Å²) in [5, 5.41) is 15.1. The number of benzene rings is 1. The van der Waals surface area contributed by atoms with Gasteiger partial charge in [0.15, 0.2) is 0 Å². The van der Waals surface area contributed by atoms with Gasteiger partial charge in [-0.25, -0.2) is 0 Å². The average molecular weight is 377 g/mol. The number of nitrogens with one attached hydrogen (secondary N) is 2. The Morgan fingerprint density at radius 2 is 1.48 bits per heavy atom. The normalized spacial score (nSPS) is 12.1. The topological polar surface area (TPSA) is 61.4 Å². The maximum Gasteiger partial charge on any atom is 0.237 e. The minimum Gasteiger partial charge on any atom is -0.395 e. The van der Waals surface area contributed by atoms with Crippen LogP contribution in [0.5, 0.6) is 0 Å². The SMILES string of the molecule is CCCCCCCCCCCCN[C@@H](Cc1ccccc1)C(=O)NCCO. The van der Waals surface area contributed by atoms with E-state index in [0.29, 0.717) is 13.0 Å². The van der Waals surface area contributed by atoms with E-state index in [2.05, 4.69) is 29.7 Å². The van der Waals surface area contributed by atoms with Gasteiger partial charge in [-0.15, -0.1) is 0 Å². The van der Waals surface area contributed by atoms with Gasteiger partial charge in [0.1, 0.15) is 0 Å². The zero-order valence-corrected chi connectivity index (χ0v) is 17.2. The standard InChI is InChI=1S/C23H40N2O2/c1-2-3-4-5-6-7-8-9-10-14-17-24-22(23(27)25-18-19-26)20-21-15-12-11-13-16-21/h11-13,15-16,22,24,26H,2-10,14,17-20H2,1H3,(H,25,27)/t22-/m0/s1. The molecule has 1 rings (SSSR count). The van der Waals surface area contributed by atoms with Crippen LogP contribution in [0.4, 0.5) is 0 Å². The molecule has 0 aliphatic carbocycles. The van der Waals surface area contributed by atoms with Gasteiger partial charge in [0.2, 0.25) is 5.91 Å². The number of carbonyl (C=O) groups is 1. The maximum atomic E-state index is 12.3. The number of rotatable bonds is 17. The third-order valence-electron chi connectivity index (χ3n) is 4.93. The lowest BCUT2D eigenvalue weighted by molar-refractivity contribution is -0.123. The maximum absolute atomic E-state index is 12.3. The van der Waals surface area contributed by atoms with Gasteiger partial charge in [-0.1, -0.05) is 95.0 Å². The molecule has 0 saturated heterocycles. The molecule has 154 valence electrons. The van der Waals surface area contributed by atoms with Gasteiger partial charge < -0.3 is 15.7 Å². The molecule has 4 heteroatoms. The number of amides is 1. The van der Waals surface area contributed by atoms with Crippen LogP contribution in [0, 0.1) is 0 Å². The van der Waals surface area contributed by atoms with Gasteiger partial charge in [-0.3, -0.25) is 4.79 Å². The van der Waals surface area contributed by atoms with Crippen molar-refractivity contribution in [2.24, 2.45) is 0 Å². The molecule has 4 nitrogen and oxygen atoms in total. The van der Waals surface area contributed by atoms with Crippen LogP contribution in [-0.4, -0.2) is 36.8 Å². The molecule has 0 fully saturated rings. The second kappa shape index (κ2) is 16.8. The number of carbonyl (C=O) groups excluding carboxylic acids is 1. The van der Waals surface area contributed by atoms with Crippen molar-refractivity contribution in [1.29, 1.82) is 0 Å². The first-order valence-corrected chi connectivity index (χ1v) is 10.9. The van der Waals surface area contributed by atoms with Gasteiger partial charge in [-0.05, 0) is 24.9 Å². The van der Waals surface area contributed by atoms with E-state index in [-0.39, 0.29) is 18.6 Å². The summed E-state index contributed by atoms with van der Waals surface area (Å²) in [6.45, 7) is 3.40. The molecule has 0 unspecified atom stereocenters. The van der Waals surface area contributed by atoms with Crippen LogP contribution in [-0.2, 0) is 11.2 Å². The third-order valence-corrected chi connectivity index (χ3v) is 4.93. The molecule has 0 saturated carbocycles. The van der Waals surface area contributed by atoms with E-state index in [4.69, 9.17) is 5.11 Å². The molecule has 0 aliphatic heterocycles. The van der Waals surface area contributed by atoms with Crippen LogP contribution in [0.1, 0.15) is 76.7 Å². The van der Waals surface area contributed by atoms with Gasteiger partial charge in [-0.2, -0.15) is 0 Å². The predicted molar refractivity (Wildman–Crippen MR) is 114 cm³/mol. The predicted octanol–water partition coefficient (Wildman–Crippen LogP) is 4.22. The molecule has 3 N–H and O–H groups in total. The van der Waals surface area contributed by atoms with Crippen molar-refractivity contribution in [2.75, 3.05) is 19.7 Å². The lowest BCUT2D eigenvalue weighted by atomic mass is 10.0. The third kappa shape index (κ3) is 12.6. The smallest absolute Gasteiger partial charge is 0.237 e. The van der Waals surface area contributed by atoms with Gasteiger partial charge in [0.25, 0.3) is 0 Å². The molecule has 1 aromatic carbocycles. The van der Waals surface area contributed by atoms with Crippen LogP contribution in [0.3, 0.4) is 0 Å². The second-order valence-electron chi connectivity index (χ2n) is 7.39. The minimum atomic E-state index is -0.238. The average Bonchev–Trinajstić information content (AvgIpc) is 2.70. The van der Waals surface area contributed by atoms with Crippen LogP contribution < -0.4 is 10.6 Å². The second-order valence-corrected chi connectivity index (χ2v) is 7.39. The van der Waals surface area contributed by atoms with Crippen molar-refractivity contribution in [1.82, 2.24) is 10.6 Å². The molecule has 1 aromatic rings. The number of aliphatic hydroxyl groups is 1. The minimum absolute atomic E-state index is 0.0256. The van der Waals surface area contributed by atoms with Crippen LogP contribution in [0.15, 0.2) is 30.3 Å². The number of hydrogen-bond acceptors (Lipinski definition) is 3. The Bertz CT molecular complexity index is 465. The summed E-state index contributed by atoms with van der Waals surface area (Å²) < 4.78 is 0. The first-order chi connectivity index (χ1) is 13.3. The fraction of sp³-hybridized carbons (Fsp3) is 0.696. The highest BCUT2D eigenvalue weighted by Gasteiger charge is 2.17. The van der Waals surface area contributed by atoms with E-state index >= 15 is 0 Å². The summed E-state index contributed by atoms with van der Waals surface area (Å²) in [4.78, 5) is 12.3. The molecular formula is C23H40N2O2. The zero-order chi connectivity index (χ0) is 19.6. The summed E-state index contributed by atoms with van der Waals surface area (Å²) in [5.74, 6) is -0.0278. The van der Waals surface area contributed by atoms with Crippen LogP contribution in [0.25, 0.3) is 0 Å². The molecule has 0 aromatic heterocycles. The Kier molecular flexibility index (Phi) is 14.7. The van der Waals surface area contributed by atoms with E-state index < -0.39 is 0 Å². The van der Waals surface area contributed by atoms with Crippen molar-refractivity contribution in [3.8, 4) is 0 Å². The Labute approximate surface area is 166 Å². The summed E-state index contributed by atoms with van der Waals surface area (Å²) in [7, 11) is 0. The van der Waals surface area contributed by atoms with Crippen molar-refractivity contribution < 1.29 is 9.90 Å². The molecular weight excluding hydrogens is 336 g/mol. The summed E-state index contributed by atoms with van der Waals surface area (Å²) in [6, 6.07) is 9.85. The highest BCUT2D eigenvalue weighted by molar-refractivity contribution is 5.82. The largest absolute Gasteiger partial charge is 0.395 e. The van der Waals surface area contributed by atoms with Crippen LogP contribution >= 0.6 is 0 Å². The molecule has 0 radical (unpaired) electrons. The Balaban J connectivity index is 2.18. The van der Waals surface area contributed by atoms with E-state index in [9.17, 15) is 4.79 Å². The Morgan fingerprint density at radius 3 is 2.07 bits per heavy atom. The molecule has 27 heavy (non-hydrogen) atoms. The summed E-state index contributed by atoms with van der Waals surface area (Å²) in [5.41, 5.74) is 1.15. The van der Waals surface area contributed by atoms with Gasteiger partial charge in [0.05, 0.1) is 12.6 Å². The van der Waals surface area contributed by atoms with E-state index in [1.54, 1.807) is 0 Å². The number of unbranched alkanes of at least 4 members (excludes halogenated alkanes) is 9. The Hall–Kier alpha value is -1.39. The molecule has 1 amide bonds. The fourth-order valence-corrected chi connectivity index (χ4v) is 3.30. The summed E-state index contributed by atoms with van der Waals surface area (Å²) in [6.07, 6.45) is 13.8. The van der Waals surface area contributed by atoms with Crippen LogP contribution in [0.2, 0.25) is 0 Å². The molecule has 0 aliphatic rings. The Morgan fingerprint density at radius 1 is 0.889 bits per heavy atom. The fourth-order valence-electron chi connectivity index (χ4n) is 3.30. The van der Waals surface area contributed by atoms with Crippen molar-refractivity contribution in [2.45, 2.75) is 83.6 Å². The van der Waals surface area contributed by atoms with E-state index in [0.717, 1.165) is 18.5 Å². The molecule has 0 heterocycles. The van der Waals surface area contributed by atoms with E-state index in [1.165, 1.54) is 57.8 Å². The molecule has 0 bridgehead atoms. The first kappa shape index (κ1) is 23.6. The zero-order valence-electron chi connectivity index (χ0n) is 17.2. The first-order valence-electron chi connectivity index (χ1n) is 10.9. The highest BCUT2D eigenvalue weighted by Crippen LogP contribution is 2.10. The van der Waals surface area contributed by atoms with Crippen molar-refractivity contribution >= 4 is 5.91 Å². The monoisotopic (exact) mass is 376 g/mol. The number of hydrogen-bond donors (Lipinski definition) is 3.